The minimum Gasteiger partial charge on any atom is -0.270 e. The molecule has 0 N–H and O–H groups in total. The summed E-state index contributed by atoms with van der Waals surface area (Å²) < 4.78 is 24.4. The van der Waals surface area contributed by atoms with E-state index in [0.29, 0.717) is 18.7 Å². The van der Waals surface area contributed by atoms with Crippen LogP contribution in [0.25, 0.3) is 0 Å². The quantitative estimate of drug-likeness (QED) is 0.719. The van der Waals surface area contributed by atoms with Crippen LogP contribution in [0, 0.1) is 0 Å². The maximum Gasteiger partial charge on any atom is 0.232 e. The number of anilines is 1. The summed E-state index contributed by atoms with van der Waals surface area (Å²) in [7, 11) is -3.20. The van der Waals surface area contributed by atoms with Gasteiger partial charge < -0.3 is 0 Å². The van der Waals surface area contributed by atoms with Gasteiger partial charge in [-0.3, -0.25) is 4.31 Å². The first-order chi connectivity index (χ1) is 7.05. The van der Waals surface area contributed by atoms with Crippen LogP contribution in [0.1, 0.15) is 6.42 Å². The lowest BCUT2D eigenvalue weighted by atomic mass is 10.3. The SMILES string of the molecule is C=CCCN(c1ccccc1)S(C)(=O)=O. The molecule has 0 spiro atoms. The van der Waals surface area contributed by atoms with Crippen LogP contribution in [-0.4, -0.2) is 21.2 Å². The summed E-state index contributed by atoms with van der Waals surface area (Å²) in [6.07, 6.45) is 3.56. The Kier molecular flexibility index (Phi) is 3.91. The number of para-hydroxylation sites is 1. The standard InChI is InChI=1S/C11H15NO2S/c1-3-4-10-12(15(2,13)14)11-8-6-5-7-9-11/h3,5-9H,1,4,10H2,2H3. The van der Waals surface area contributed by atoms with E-state index in [1.807, 2.05) is 18.2 Å². The van der Waals surface area contributed by atoms with Crippen molar-refractivity contribution in [2.45, 2.75) is 6.42 Å². The fourth-order valence-electron chi connectivity index (χ4n) is 1.29. The molecule has 15 heavy (non-hydrogen) atoms. The second-order valence-corrected chi connectivity index (χ2v) is 5.15. The van der Waals surface area contributed by atoms with E-state index in [1.165, 1.54) is 10.6 Å². The molecule has 0 atom stereocenters. The molecule has 1 rings (SSSR count). The lowest BCUT2D eigenvalue weighted by molar-refractivity contribution is 0.597. The Bertz CT molecular complexity index is 411. The summed E-state index contributed by atoms with van der Waals surface area (Å²) in [6.45, 7) is 4.02. The van der Waals surface area contributed by atoms with Gasteiger partial charge in [-0.05, 0) is 18.6 Å². The van der Waals surface area contributed by atoms with Crippen molar-refractivity contribution in [3.63, 3.8) is 0 Å². The number of hydrogen-bond donors (Lipinski definition) is 0. The summed E-state index contributed by atoms with van der Waals surface area (Å²) in [5.74, 6) is 0. The zero-order valence-electron chi connectivity index (χ0n) is 8.76. The van der Waals surface area contributed by atoms with Gasteiger partial charge in [0.1, 0.15) is 0 Å². The highest BCUT2D eigenvalue weighted by Crippen LogP contribution is 2.16. The van der Waals surface area contributed by atoms with Gasteiger partial charge in [-0.2, -0.15) is 0 Å². The van der Waals surface area contributed by atoms with Gasteiger partial charge in [0.2, 0.25) is 10.0 Å². The highest BCUT2D eigenvalue weighted by Gasteiger charge is 2.15. The molecular weight excluding hydrogens is 210 g/mol. The molecule has 4 heteroatoms. The third-order valence-electron chi connectivity index (χ3n) is 1.98. The largest absolute Gasteiger partial charge is 0.270 e. The fourth-order valence-corrected chi connectivity index (χ4v) is 2.23. The van der Waals surface area contributed by atoms with Crippen LogP contribution in [0.2, 0.25) is 0 Å². The summed E-state index contributed by atoms with van der Waals surface area (Å²) >= 11 is 0. The molecule has 82 valence electrons. The highest BCUT2D eigenvalue weighted by atomic mass is 32.2. The van der Waals surface area contributed by atoms with E-state index >= 15 is 0 Å². The van der Waals surface area contributed by atoms with E-state index in [-0.39, 0.29) is 0 Å². The van der Waals surface area contributed by atoms with E-state index in [1.54, 1.807) is 18.2 Å². The van der Waals surface area contributed by atoms with Crippen molar-refractivity contribution in [2.75, 3.05) is 17.1 Å². The average Bonchev–Trinajstić information content (AvgIpc) is 2.18. The predicted octanol–water partition coefficient (Wildman–Crippen LogP) is 2.03. The van der Waals surface area contributed by atoms with Crippen LogP contribution in [0.15, 0.2) is 43.0 Å². The van der Waals surface area contributed by atoms with E-state index in [4.69, 9.17) is 0 Å². The monoisotopic (exact) mass is 225 g/mol. The summed E-state index contributed by atoms with van der Waals surface area (Å²) in [6, 6.07) is 9.06. The van der Waals surface area contributed by atoms with E-state index in [2.05, 4.69) is 6.58 Å². The zero-order chi connectivity index (χ0) is 11.3. The first kappa shape index (κ1) is 11.8. The number of hydrogen-bond acceptors (Lipinski definition) is 2. The Labute approximate surface area is 91.1 Å². The maximum atomic E-state index is 11.5. The lowest BCUT2D eigenvalue weighted by Crippen LogP contribution is -2.30. The van der Waals surface area contributed by atoms with Crippen molar-refractivity contribution in [1.82, 2.24) is 0 Å². The number of rotatable bonds is 5. The van der Waals surface area contributed by atoms with Crippen molar-refractivity contribution in [3.8, 4) is 0 Å². The molecule has 0 aliphatic rings. The van der Waals surface area contributed by atoms with Gasteiger partial charge in [0.05, 0.1) is 11.9 Å². The summed E-state index contributed by atoms with van der Waals surface area (Å²) in [5.41, 5.74) is 0.696. The summed E-state index contributed by atoms with van der Waals surface area (Å²) in [4.78, 5) is 0. The highest BCUT2D eigenvalue weighted by molar-refractivity contribution is 7.92. The Morgan fingerprint density at radius 2 is 1.93 bits per heavy atom. The molecule has 0 aliphatic heterocycles. The molecule has 0 fully saturated rings. The van der Waals surface area contributed by atoms with Crippen molar-refractivity contribution in [2.24, 2.45) is 0 Å². The van der Waals surface area contributed by atoms with E-state index in [9.17, 15) is 8.42 Å². The van der Waals surface area contributed by atoms with Crippen molar-refractivity contribution < 1.29 is 8.42 Å². The molecule has 1 aromatic carbocycles. The van der Waals surface area contributed by atoms with Crippen LogP contribution in [0.3, 0.4) is 0 Å². The number of nitrogens with zero attached hydrogens (tertiary/aromatic N) is 1. The molecular formula is C11H15NO2S. The first-order valence-electron chi connectivity index (χ1n) is 4.69. The Balaban J connectivity index is 2.97. The Morgan fingerprint density at radius 3 is 2.40 bits per heavy atom. The molecule has 0 bridgehead atoms. The Hall–Kier alpha value is -1.29. The molecule has 1 aromatic rings. The maximum absolute atomic E-state index is 11.5. The summed E-state index contributed by atoms with van der Waals surface area (Å²) in [5, 5.41) is 0. The minimum absolute atomic E-state index is 0.437. The van der Waals surface area contributed by atoms with Crippen LogP contribution >= 0.6 is 0 Å². The third-order valence-corrected chi connectivity index (χ3v) is 3.17. The van der Waals surface area contributed by atoms with Crippen molar-refractivity contribution in [3.05, 3.63) is 43.0 Å². The minimum atomic E-state index is -3.20. The van der Waals surface area contributed by atoms with Crippen LogP contribution in [-0.2, 0) is 10.0 Å². The molecule has 0 unspecified atom stereocenters. The number of sulfonamides is 1. The van der Waals surface area contributed by atoms with Crippen LogP contribution in [0.4, 0.5) is 5.69 Å². The topological polar surface area (TPSA) is 37.4 Å². The molecule has 0 aliphatic carbocycles. The number of benzene rings is 1. The average molecular weight is 225 g/mol. The molecule has 0 saturated heterocycles. The van der Waals surface area contributed by atoms with E-state index < -0.39 is 10.0 Å². The van der Waals surface area contributed by atoms with Crippen LogP contribution < -0.4 is 4.31 Å². The first-order valence-corrected chi connectivity index (χ1v) is 6.54. The lowest BCUT2D eigenvalue weighted by Gasteiger charge is -2.21. The van der Waals surface area contributed by atoms with Gasteiger partial charge in [-0.1, -0.05) is 24.3 Å². The van der Waals surface area contributed by atoms with Crippen molar-refractivity contribution in [1.29, 1.82) is 0 Å². The van der Waals surface area contributed by atoms with Gasteiger partial charge in [0.25, 0.3) is 0 Å². The third kappa shape index (κ3) is 3.40. The smallest absolute Gasteiger partial charge is 0.232 e. The van der Waals surface area contributed by atoms with Crippen molar-refractivity contribution >= 4 is 15.7 Å². The second kappa shape index (κ2) is 4.98. The molecule has 0 heterocycles. The normalized spacial score (nSPS) is 11.0. The fraction of sp³-hybridized carbons (Fsp3) is 0.273. The van der Waals surface area contributed by atoms with Crippen LogP contribution in [0.5, 0.6) is 0 Å². The van der Waals surface area contributed by atoms with Gasteiger partial charge in [0.15, 0.2) is 0 Å². The van der Waals surface area contributed by atoms with Gasteiger partial charge in [0, 0.05) is 6.54 Å². The van der Waals surface area contributed by atoms with E-state index in [0.717, 1.165) is 0 Å². The zero-order valence-corrected chi connectivity index (χ0v) is 9.57. The molecule has 0 radical (unpaired) electrons. The second-order valence-electron chi connectivity index (χ2n) is 3.25. The van der Waals surface area contributed by atoms with Gasteiger partial charge in [-0.15, -0.1) is 6.58 Å². The predicted molar refractivity (Wildman–Crippen MR) is 63.4 cm³/mol. The molecule has 3 nitrogen and oxygen atoms in total. The molecule has 0 amide bonds. The van der Waals surface area contributed by atoms with Gasteiger partial charge >= 0.3 is 0 Å². The molecule has 0 saturated carbocycles. The molecule has 0 aromatic heterocycles. The van der Waals surface area contributed by atoms with Gasteiger partial charge in [-0.25, -0.2) is 8.42 Å². The Morgan fingerprint density at radius 1 is 1.33 bits per heavy atom.